The second-order valence-corrected chi connectivity index (χ2v) is 3.59. The van der Waals surface area contributed by atoms with Crippen molar-refractivity contribution < 1.29 is 30.1 Å². The maximum Gasteiger partial charge on any atom is 0.303 e. The number of nitrogens with zero attached hydrogens (tertiary/aromatic N) is 1. The van der Waals surface area contributed by atoms with Crippen molar-refractivity contribution in [3.63, 3.8) is 0 Å². The van der Waals surface area contributed by atoms with Crippen LogP contribution in [0.3, 0.4) is 0 Å². The van der Waals surface area contributed by atoms with Gasteiger partial charge in [0.25, 0.3) is 5.09 Å². The highest BCUT2D eigenvalue weighted by atomic mass is 16.9. The molecule has 0 amide bonds. The van der Waals surface area contributed by atoms with Crippen molar-refractivity contribution in [3.05, 3.63) is 10.1 Å². The van der Waals surface area contributed by atoms with E-state index in [1.807, 2.05) is 6.92 Å². The average molecular weight is 281 g/mol. The number of carboxylic acids is 2. The number of unbranched alkanes of at least 4 members (excludes halogenated alkanes) is 3. The lowest BCUT2D eigenvalue weighted by Gasteiger charge is -1.89. The summed E-state index contributed by atoms with van der Waals surface area (Å²) in [7, 11) is 0. The largest absolute Gasteiger partial charge is 0.481 e. The fourth-order valence-electron chi connectivity index (χ4n) is 0.854. The first-order chi connectivity index (χ1) is 8.77. The molecule has 0 aliphatic rings. The smallest absolute Gasteiger partial charge is 0.303 e. The van der Waals surface area contributed by atoms with Crippen LogP contribution in [0.15, 0.2) is 0 Å². The number of carboxylic acid groups (broad SMARTS) is 2. The van der Waals surface area contributed by atoms with E-state index in [1.165, 1.54) is 0 Å². The normalized spacial score (nSPS) is 8.32. The van der Waals surface area contributed by atoms with E-state index in [0.717, 1.165) is 32.1 Å². The van der Waals surface area contributed by atoms with Crippen molar-refractivity contribution in [1.29, 1.82) is 0 Å². The molecule has 0 aliphatic carbocycles. The van der Waals surface area contributed by atoms with Crippen LogP contribution in [0.4, 0.5) is 0 Å². The molecule has 0 aromatic rings. The van der Waals surface area contributed by atoms with Gasteiger partial charge in [0.2, 0.25) is 0 Å². The zero-order chi connectivity index (χ0) is 15.7. The molecule has 0 unspecified atom stereocenters. The molecule has 0 aromatic carbocycles. The predicted molar refractivity (Wildman–Crippen MR) is 67.7 cm³/mol. The Hall–Kier alpha value is -1.86. The minimum absolute atomic E-state index is 0.316. The predicted octanol–water partition coefficient (Wildman–Crippen LogP) is 2.56. The third-order valence-electron chi connectivity index (χ3n) is 1.74. The minimum atomic E-state index is -1.50. The van der Waals surface area contributed by atoms with Crippen LogP contribution < -0.4 is 0 Å². The van der Waals surface area contributed by atoms with Crippen molar-refractivity contribution in [3.8, 4) is 0 Å². The summed E-state index contributed by atoms with van der Waals surface area (Å²) in [5, 5.41) is 29.8. The minimum Gasteiger partial charge on any atom is -0.481 e. The molecule has 3 N–H and O–H groups in total. The molecule has 8 heteroatoms. The van der Waals surface area contributed by atoms with E-state index in [0.29, 0.717) is 12.8 Å². The standard InChI is InChI=1S/C6H12O2.C5H10O2.HNO3/c1-2-3-4-5-6(7)8;1-2-3-4-5(6)7;2-1(3)4/h2-5H2,1H3,(H,7,8);2-4H2,1H3,(H,6,7);(H,2,3,4). The zero-order valence-electron chi connectivity index (χ0n) is 11.4. The van der Waals surface area contributed by atoms with E-state index in [1.54, 1.807) is 0 Å². The fraction of sp³-hybridized carbons (Fsp3) is 0.818. The summed E-state index contributed by atoms with van der Waals surface area (Å²) in [6.07, 6.45) is 5.36. The van der Waals surface area contributed by atoms with Gasteiger partial charge in [-0.15, -0.1) is 10.1 Å². The number of aliphatic carboxylic acids is 2. The van der Waals surface area contributed by atoms with Crippen molar-refractivity contribution in [1.82, 2.24) is 0 Å². The zero-order valence-corrected chi connectivity index (χ0v) is 11.4. The Kier molecular flexibility index (Phi) is 21.7. The van der Waals surface area contributed by atoms with E-state index in [4.69, 9.17) is 25.5 Å². The Morgan fingerprint density at radius 1 is 0.947 bits per heavy atom. The molecule has 8 nitrogen and oxygen atoms in total. The first kappa shape index (κ1) is 22.3. The SMILES string of the molecule is CCCCC(=O)O.CCCCCC(=O)O.O=[N+]([O-])O. The Balaban J connectivity index is -0.000000214. The van der Waals surface area contributed by atoms with Crippen molar-refractivity contribution >= 4 is 11.9 Å². The molecule has 0 bridgehead atoms. The molecular formula is C11H23NO7. The van der Waals surface area contributed by atoms with Crippen LogP contribution in [0, 0.1) is 10.1 Å². The lowest BCUT2D eigenvalue weighted by atomic mass is 10.2. The van der Waals surface area contributed by atoms with Crippen molar-refractivity contribution in [2.24, 2.45) is 0 Å². The Bertz CT molecular complexity index is 239. The monoisotopic (exact) mass is 281 g/mol. The van der Waals surface area contributed by atoms with Gasteiger partial charge in [0.15, 0.2) is 0 Å². The number of rotatable bonds is 7. The third-order valence-corrected chi connectivity index (χ3v) is 1.74. The molecule has 114 valence electrons. The third kappa shape index (κ3) is 63.3. The molecule has 0 spiro atoms. The topological polar surface area (TPSA) is 138 Å². The van der Waals surface area contributed by atoms with Crippen LogP contribution >= 0.6 is 0 Å². The van der Waals surface area contributed by atoms with Gasteiger partial charge in [-0.05, 0) is 12.8 Å². The van der Waals surface area contributed by atoms with Crippen LogP contribution in [0.25, 0.3) is 0 Å². The second kappa shape index (κ2) is 18.5. The summed E-state index contributed by atoms with van der Waals surface area (Å²) in [6.45, 7) is 4.03. The molecule has 0 saturated carbocycles. The van der Waals surface area contributed by atoms with E-state index < -0.39 is 17.0 Å². The summed E-state index contributed by atoms with van der Waals surface area (Å²) in [6, 6.07) is 0. The molecule has 0 aliphatic heterocycles. The van der Waals surface area contributed by atoms with E-state index in [2.05, 4.69) is 6.92 Å². The highest BCUT2D eigenvalue weighted by molar-refractivity contribution is 5.66. The maximum absolute atomic E-state index is 9.87. The van der Waals surface area contributed by atoms with Gasteiger partial charge in [-0.25, -0.2) is 0 Å². The van der Waals surface area contributed by atoms with Crippen LogP contribution in [-0.2, 0) is 9.59 Å². The summed E-state index contributed by atoms with van der Waals surface area (Å²) < 4.78 is 0. The number of hydrogen-bond acceptors (Lipinski definition) is 4. The Morgan fingerprint density at radius 3 is 1.47 bits per heavy atom. The summed E-state index contributed by atoms with van der Waals surface area (Å²) in [5.41, 5.74) is 0. The molecule has 0 rings (SSSR count). The second-order valence-electron chi connectivity index (χ2n) is 3.59. The van der Waals surface area contributed by atoms with Gasteiger partial charge >= 0.3 is 11.9 Å². The molecule has 0 atom stereocenters. The van der Waals surface area contributed by atoms with Crippen LogP contribution in [0.5, 0.6) is 0 Å². The first-order valence-electron chi connectivity index (χ1n) is 6.04. The molecule has 0 saturated heterocycles. The molecule has 0 aromatic heterocycles. The van der Waals surface area contributed by atoms with E-state index in [9.17, 15) is 9.59 Å². The average Bonchev–Trinajstić information content (AvgIpc) is 2.26. The molecule has 19 heavy (non-hydrogen) atoms. The van der Waals surface area contributed by atoms with Gasteiger partial charge in [-0.1, -0.05) is 33.1 Å². The molecular weight excluding hydrogens is 258 g/mol. The number of hydrogen-bond donors (Lipinski definition) is 3. The van der Waals surface area contributed by atoms with Gasteiger partial charge in [0.1, 0.15) is 0 Å². The Morgan fingerprint density at radius 2 is 1.26 bits per heavy atom. The van der Waals surface area contributed by atoms with Crippen LogP contribution in [0.2, 0.25) is 0 Å². The summed E-state index contributed by atoms with van der Waals surface area (Å²) in [5.74, 6) is -1.37. The van der Waals surface area contributed by atoms with Gasteiger partial charge in [-0.2, -0.15) is 0 Å². The van der Waals surface area contributed by atoms with E-state index in [-0.39, 0.29) is 0 Å². The number of carbonyl (C=O) groups is 2. The van der Waals surface area contributed by atoms with Gasteiger partial charge in [-0.3, -0.25) is 9.59 Å². The summed E-state index contributed by atoms with van der Waals surface area (Å²) >= 11 is 0. The van der Waals surface area contributed by atoms with Crippen LogP contribution in [-0.4, -0.2) is 32.4 Å². The highest BCUT2D eigenvalue weighted by Gasteiger charge is 1.92. The van der Waals surface area contributed by atoms with Gasteiger partial charge < -0.3 is 15.4 Å². The highest BCUT2D eigenvalue weighted by Crippen LogP contribution is 1.97. The van der Waals surface area contributed by atoms with Gasteiger partial charge in [0, 0.05) is 12.8 Å². The molecule has 0 fully saturated rings. The van der Waals surface area contributed by atoms with Gasteiger partial charge in [0.05, 0.1) is 0 Å². The molecule has 0 radical (unpaired) electrons. The lowest BCUT2D eigenvalue weighted by molar-refractivity contribution is -0.742. The molecule has 0 heterocycles. The Labute approximate surface area is 112 Å². The maximum atomic E-state index is 9.87. The lowest BCUT2D eigenvalue weighted by Crippen LogP contribution is -1.92. The van der Waals surface area contributed by atoms with Crippen molar-refractivity contribution in [2.45, 2.75) is 58.8 Å². The van der Waals surface area contributed by atoms with E-state index >= 15 is 0 Å². The quantitative estimate of drug-likeness (QED) is 0.370. The van der Waals surface area contributed by atoms with Crippen LogP contribution in [0.1, 0.15) is 58.8 Å². The fourth-order valence-corrected chi connectivity index (χ4v) is 0.854. The first-order valence-corrected chi connectivity index (χ1v) is 6.04. The summed E-state index contributed by atoms with van der Waals surface area (Å²) in [4.78, 5) is 28.0. The van der Waals surface area contributed by atoms with Crippen molar-refractivity contribution in [2.75, 3.05) is 0 Å².